The van der Waals surface area contributed by atoms with Crippen LogP contribution in [0.1, 0.15) is 40.0 Å². The Labute approximate surface area is 111 Å². The van der Waals surface area contributed by atoms with Crippen LogP contribution in [-0.4, -0.2) is 54.5 Å². The second-order valence-electron chi connectivity index (χ2n) is 5.35. The summed E-state index contributed by atoms with van der Waals surface area (Å²) in [6.45, 7) is 10.8. The number of piperazine rings is 1. The molecule has 0 saturated carbocycles. The fourth-order valence-corrected chi connectivity index (χ4v) is 2.75. The molecule has 0 aromatic carbocycles. The quantitative estimate of drug-likeness (QED) is 0.778. The van der Waals surface area contributed by atoms with E-state index in [2.05, 4.69) is 18.7 Å². The molecule has 1 heterocycles. The standard InChI is InChI=1S/C14H29N3O/c1-4-6-12(3)14(18)17-9-7-16(8-10-17)13(5-2)11-15/h12-13H,4-11,15H2,1-3H3. The van der Waals surface area contributed by atoms with Gasteiger partial charge in [0.25, 0.3) is 0 Å². The predicted octanol–water partition coefficient (Wildman–Crippen LogP) is 1.30. The largest absolute Gasteiger partial charge is 0.340 e. The fraction of sp³-hybridized carbons (Fsp3) is 0.929. The topological polar surface area (TPSA) is 49.6 Å². The minimum atomic E-state index is 0.179. The van der Waals surface area contributed by atoms with Crippen molar-refractivity contribution < 1.29 is 4.79 Å². The van der Waals surface area contributed by atoms with E-state index in [1.54, 1.807) is 0 Å². The van der Waals surface area contributed by atoms with Crippen LogP contribution < -0.4 is 5.73 Å². The molecule has 18 heavy (non-hydrogen) atoms. The van der Waals surface area contributed by atoms with Crippen LogP contribution in [0.15, 0.2) is 0 Å². The first-order valence-corrected chi connectivity index (χ1v) is 7.36. The van der Waals surface area contributed by atoms with Gasteiger partial charge in [0.05, 0.1) is 0 Å². The predicted molar refractivity (Wildman–Crippen MR) is 75.4 cm³/mol. The summed E-state index contributed by atoms with van der Waals surface area (Å²) in [5.74, 6) is 0.510. The molecule has 1 aliphatic heterocycles. The summed E-state index contributed by atoms with van der Waals surface area (Å²) in [7, 11) is 0. The Morgan fingerprint density at radius 3 is 2.28 bits per heavy atom. The summed E-state index contributed by atoms with van der Waals surface area (Å²) in [6, 6.07) is 0.482. The molecule has 2 atom stereocenters. The Balaban J connectivity index is 2.41. The molecule has 1 aliphatic rings. The van der Waals surface area contributed by atoms with Crippen molar-refractivity contribution in [3.05, 3.63) is 0 Å². The molecule has 1 saturated heterocycles. The molecular weight excluding hydrogens is 226 g/mol. The van der Waals surface area contributed by atoms with E-state index in [-0.39, 0.29) is 5.92 Å². The monoisotopic (exact) mass is 255 g/mol. The van der Waals surface area contributed by atoms with E-state index in [1.807, 2.05) is 11.8 Å². The van der Waals surface area contributed by atoms with Gasteiger partial charge in [-0.25, -0.2) is 0 Å². The molecule has 0 bridgehead atoms. The van der Waals surface area contributed by atoms with Crippen LogP contribution in [0, 0.1) is 5.92 Å². The fourth-order valence-electron chi connectivity index (χ4n) is 2.75. The third-order valence-corrected chi connectivity index (χ3v) is 4.03. The maximum absolute atomic E-state index is 12.2. The molecule has 0 aromatic rings. The van der Waals surface area contributed by atoms with Crippen molar-refractivity contribution in [1.82, 2.24) is 9.80 Å². The zero-order valence-electron chi connectivity index (χ0n) is 12.2. The van der Waals surface area contributed by atoms with Crippen molar-refractivity contribution in [2.24, 2.45) is 11.7 Å². The lowest BCUT2D eigenvalue weighted by atomic mass is 10.0. The zero-order valence-corrected chi connectivity index (χ0v) is 12.2. The first kappa shape index (κ1) is 15.4. The third-order valence-electron chi connectivity index (χ3n) is 4.03. The number of rotatable bonds is 6. The van der Waals surface area contributed by atoms with Crippen LogP contribution in [0.4, 0.5) is 0 Å². The van der Waals surface area contributed by atoms with Gasteiger partial charge in [-0.3, -0.25) is 9.69 Å². The van der Waals surface area contributed by atoms with Crippen LogP contribution in [0.2, 0.25) is 0 Å². The molecule has 0 radical (unpaired) electrons. The molecule has 2 N–H and O–H groups in total. The van der Waals surface area contributed by atoms with Crippen molar-refractivity contribution in [1.29, 1.82) is 0 Å². The van der Waals surface area contributed by atoms with E-state index in [0.29, 0.717) is 11.9 Å². The first-order valence-electron chi connectivity index (χ1n) is 7.36. The summed E-state index contributed by atoms with van der Waals surface area (Å²) in [6.07, 6.45) is 3.17. The molecule has 106 valence electrons. The van der Waals surface area contributed by atoms with Crippen molar-refractivity contribution in [3.8, 4) is 0 Å². The van der Waals surface area contributed by atoms with Gasteiger partial charge in [0, 0.05) is 44.7 Å². The Morgan fingerprint density at radius 1 is 1.22 bits per heavy atom. The number of carbonyl (C=O) groups is 1. The molecule has 4 nitrogen and oxygen atoms in total. The van der Waals surface area contributed by atoms with Gasteiger partial charge in [-0.05, 0) is 12.8 Å². The van der Waals surface area contributed by atoms with Gasteiger partial charge in [-0.2, -0.15) is 0 Å². The lowest BCUT2D eigenvalue weighted by molar-refractivity contribution is -0.137. The van der Waals surface area contributed by atoms with Gasteiger partial charge in [0.15, 0.2) is 0 Å². The summed E-state index contributed by atoms with van der Waals surface area (Å²) < 4.78 is 0. The summed E-state index contributed by atoms with van der Waals surface area (Å²) in [5, 5.41) is 0. The minimum Gasteiger partial charge on any atom is -0.340 e. The number of nitrogens with zero attached hydrogens (tertiary/aromatic N) is 2. The van der Waals surface area contributed by atoms with Gasteiger partial charge in [0.1, 0.15) is 0 Å². The molecule has 1 amide bonds. The molecule has 0 aromatic heterocycles. The maximum Gasteiger partial charge on any atom is 0.225 e. The summed E-state index contributed by atoms with van der Waals surface area (Å²) in [5.41, 5.74) is 5.77. The van der Waals surface area contributed by atoms with Crippen LogP contribution in [0.5, 0.6) is 0 Å². The molecular formula is C14H29N3O. The lowest BCUT2D eigenvalue weighted by Crippen LogP contribution is -2.54. The van der Waals surface area contributed by atoms with E-state index in [1.165, 1.54) is 0 Å². The number of carbonyl (C=O) groups excluding carboxylic acids is 1. The van der Waals surface area contributed by atoms with Crippen LogP contribution >= 0.6 is 0 Å². The summed E-state index contributed by atoms with van der Waals surface area (Å²) in [4.78, 5) is 16.6. The Bertz CT molecular complexity index is 245. The molecule has 4 heteroatoms. The second-order valence-corrected chi connectivity index (χ2v) is 5.35. The molecule has 0 spiro atoms. The van der Waals surface area contributed by atoms with E-state index in [4.69, 9.17) is 5.73 Å². The lowest BCUT2D eigenvalue weighted by Gasteiger charge is -2.39. The molecule has 1 rings (SSSR count). The van der Waals surface area contributed by atoms with E-state index < -0.39 is 0 Å². The average Bonchev–Trinajstić information content (AvgIpc) is 2.40. The summed E-state index contributed by atoms with van der Waals surface area (Å²) >= 11 is 0. The Hall–Kier alpha value is -0.610. The van der Waals surface area contributed by atoms with E-state index >= 15 is 0 Å². The Kier molecular flexibility index (Phi) is 6.65. The third kappa shape index (κ3) is 3.95. The molecule has 0 aliphatic carbocycles. The average molecular weight is 255 g/mol. The minimum absolute atomic E-state index is 0.179. The molecule has 2 unspecified atom stereocenters. The number of hydrogen-bond donors (Lipinski definition) is 1. The highest BCUT2D eigenvalue weighted by Gasteiger charge is 2.26. The van der Waals surface area contributed by atoms with Crippen LogP contribution in [0.3, 0.4) is 0 Å². The Morgan fingerprint density at radius 2 is 1.83 bits per heavy atom. The van der Waals surface area contributed by atoms with Crippen molar-refractivity contribution in [2.75, 3.05) is 32.7 Å². The zero-order chi connectivity index (χ0) is 13.5. The second kappa shape index (κ2) is 7.74. The normalized spacial score (nSPS) is 20.8. The van der Waals surface area contributed by atoms with Crippen molar-refractivity contribution in [2.45, 2.75) is 46.1 Å². The van der Waals surface area contributed by atoms with Gasteiger partial charge < -0.3 is 10.6 Å². The number of amides is 1. The van der Waals surface area contributed by atoms with Crippen LogP contribution in [-0.2, 0) is 4.79 Å². The SMILES string of the molecule is CCCC(C)C(=O)N1CCN(C(CC)CN)CC1. The number of nitrogens with two attached hydrogens (primary N) is 1. The maximum atomic E-state index is 12.2. The van der Waals surface area contributed by atoms with E-state index in [0.717, 1.165) is 52.0 Å². The van der Waals surface area contributed by atoms with Gasteiger partial charge >= 0.3 is 0 Å². The van der Waals surface area contributed by atoms with E-state index in [9.17, 15) is 4.79 Å². The smallest absolute Gasteiger partial charge is 0.225 e. The van der Waals surface area contributed by atoms with Crippen LogP contribution in [0.25, 0.3) is 0 Å². The van der Waals surface area contributed by atoms with Crippen molar-refractivity contribution in [3.63, 3.8) is 0 Å². The molecule has 1 fully saturated rings. The number of hydrogen-bond acceptors (Lipinski definition) is 3. The van der Waals surface area contributed by atoms with Gasteiger partial charge in [0.2, 0.25) is 5.91 Å². The van der Waals surface area contributed by atoms with Gasteiger partial charge in [-0.1, -0.05) is 27.2 Å². The highest BCUT2D eigenvalue weighted by Crippen LogP contribution is 2.14. The highest BCUT2D eigenvalue weighted by atomic mass is 16.2. The highest BCUT2D eigenvalue weighted by molar-refractivity contribution is 5.78. The first-order chi connectivity index (χ1) is 8.63. The van der Waals surface area contributed by atoms with Gasteiger partial charge in [-0.15, -0.1) is 0 Å². The van der Waals surface area contributed by atoms with Crippen molar-refractivity contribution >= 4 is 5.91 Å².